The van der Waals surface area contributed by atoms with E-state index in [1.807, 2.05) is 36.4 Å². The Balaban J connectivity index is 2.07. The zero-order valence-electron chi connectivity index (χ0n) is 10.2. The van der Waals surface area contributed by atoms with Gasteiger partial charge < -0.3 is 10.2 Å². The number of rotatable bonds is 3. The van der Waals surface area contributed by atoms with Crippen molar-refractivity contribution in [3.8, 4) is 0 Å². The molecule has 0 saturated carbocycles. The molecule has 0 fully saturated rings. The first-order chi connectivity index (χ1) is 9.28. The summed E-state index contributed by atoms with van der Waals surface area (Å²) in [6, 6.07) is 15.4. The highest BCUT2D eigenvalue weighted by Gasteiger charge is 2.18. The molecule has 96 valence electrons. The van der Waals surface area contributed by atoms with Gasteiger partial charge in [-0.1, -0.05) is 41.9 Å². The minimum atomic E-state index is -0.0348. The van der Waals surface area contributed by atoms with Crippen LogP contribution in [0.3, 0.4) is 0 Å². The van der Waals surface area contributed by atoms with Gasteiger partial charge in [-0.15, -0.1) is 0 Å². The van der Waals surface area contributed by atoms with Crippen LogP contribution in [0.25, 0.3) is 11.1 Å². The number of fused-ring (bicyclic) bond motifs is 1. The average Bonchev–Trinajstić information content (AvgIpc) is 2.83. The molecule has 19 heavy (non-hydrogen) atoms. The summed E-state index contributed by atoms with van der Waals surface area (Å²) < 4.78 is 5.78. The fourth-order valence-corrected chi connectivity index (χ4v) is 2.29. The van der Waals surface area contributed by atoms with Gasteiger partial charge in [-0.3, -0.25) is 0 Å². The number of hydrogen-bond acceptors (Lipinski definition) is 3. The van der Waals surface area contributed by atoms with Crippen LogP contribution >= 0.6 is 11.6 Å². The van der Waals surface area contributed by atoms with E-state index in [-0.39, 0.29) is 5.92 Å². The molecule has 4 heteroatoms. The molecule has 1 atom stereocenters. The molecule has 0 aliphatic carbocycles. The van der Waals surface area contributed by atoms with Crippen molar-refractivity contribution in [2.24, 2.45) is 5.73 Å². The molecule has 3 rings (SSSR count). The number of halogens is 1. The van der Waals surface area contributed by atoms with Crippen molar-refractivity contribution in [3.05, 3.63) is 65.0 Å². The molecule has 1 aromatic heterocycles. The zero-order valence-corrected chi connectivity index (χ0v) is 11.0. The second-order valence-electron chi connectivity index (χ2n) is 4.36. The lowest BCUT2D eigenvalue weighted by Crippen LogP contribution is -2.14. The maximum absolute atomic E-state index is 5.95. The molecule has 2 aromatic carbocycles. The Kier molecular flexibility index (Phi) is 3.23. The third-order valence-electron chi connectivity index (χ3n) is 3.10. The lowest BCUT2D eigenvalue weighted by molar-refractivity contribution is 0.502. The number of nitrogens with zero attached hydrogens (tertiary/aromatic N) is 1. The van der Waals surface area contributed by atoms with Crippen LogP contribution in [0.2, 0.25) is 5.02 Å². The smallest absolute Gasteiger partial charge is 0.204 e. The zero-order chi connectivity index (χ0) is 13.2. The highest BCUT2D eigenvalue weighted by molar-refractivity contribution is 6.31. The molecule has 0 spiro atoms. The Morgan fingerprint density at radius 2 is 1.95 bits per heavy atom. The van der Waals surface area contributed by atoms with Gasteiger partial charge in [-0.05, 0) is 17.7 Å². The first kappa shape index (κ1) is 12.2. The number of nitrogens with two attached hydrogens (primary N) is 1. The van der Waals surface area contributed by atoms with Gasteiger partial charge in [0.15, 0.2) is 5.58 Å². The van der Waals surface area contributed by atoms with Crippen LogP contribution in [-0.4, -0.2) is 11.5 Å². The second-order valence-corrected chi connectivity index (χ2v) is 4.80. The van der Waals surface area contributed by atoms with E-state index in [1.165, 1.54) is 0 Å². The summed E-state index contributed by atoms with van der Waals surface area (Å²) in [5, 5.41) is 0.638. The molecular weight excluding hydrogens is 260 g/mol. The van der Waals surface area contributed by atoms with Gasteiger partial charge in [-0.25, -0.2) is 4.98 Å². The van der Waals surface area contributed by atoms with E-state index in [1.54, 1.807) is 12.1 Å². The number of oxazole rings is 1. The molecule has 3 aromatic rings. The Labute approximate surface area is 116 Å². The van der Waals surface area contributed by atoms with Gasteiger partial charge in [0.1, 0.15) is 5.52 Å². The van der Waals surface area contributed by atoms with Crippen LogP contribution in [0.5, 0.6) is 0 Å². The molecule has 0 aliphatic rings. The summed E-state index contributed by atoms with van der Waals surface area (Å²) in [4.78, 5) is 4.50. The van der Waals surface area contributed by atoms with Crippen molar-refractivity contribution in [2.75, 3.05) is 6.54 Å². The van der Waals surface area contributed by atoms with Crippen molar-refractivity contribution in [2.45, 2.75) is 5.92 Å². The molecule has 0 bridgehead atoms. The summed E-state index contributed by atoms with van der Waals surface area (Å²) in [6.07, 6.45) is 0. The van der Waals surface area contributed by atoms with Crippen molar-refractivity contribution < 1.29 is 4.42 Å². The average molecular weight is 273 g/mol. The fourth-order valence-electron chi connectivity index (χ4n) is 2.13. The van der Waals surface area contributed by atoms with E-state index in [4.69, 9.17) is 21.8 Å². The molecule has 1 heterocycles. The lowest BCUT2D eigenvalue weighted by Gasteiger charge is -2.10. The summed E-state index contributed by atoms with van der Waals surface area (Å²) in [5.74, 6) is 0.596. The van der Waals surface area contributed by atoms with E-state index in [0.717, 1.165) is 11.1 Å². The summed E-state index contributed by atoms with van der Waals surface area (Å²) >= 11 is 5.95. The van der Waals surface area contributed by atoms with Crippen molar-refractivity contribution >= 4 is 22.7 Å². The van der Waals surface area contributed by atoms with E-state index >= 15 is 0 Å². The van der Waals surface area contributed by atoms with Crippen LogP contribution in [0, 0.1) is 0 Å². The highest BCUT2D eigenvalue weighted by Crippen LogP contribution is 2.27. The van der Waals surface area contributed by atoms with Gasteiger partial charge in [0.2, 0.25) is 5.89 Å². The minimum absolute atomic E-state index is 0.0348. The molecule has 0 amide bonds. The molecule has 2 N–H and O–H groups in total. The Bertz CT molecular complexity index is 694. The SMILES string of the molecule is NCC(c1ccccc1)c1nc2ccc(Cl)cc2o1. The second kappa shape index (κ2) is 5.03. The largest absolute Gasteiger partial charge is 0.440 e. The monoisotopic (exact) mass is 272 g/mol. The minimum Gasteiger partial charge on any atom is -0.440 e. The van der Waals surface area contributed by atoms with E-state index < -0.39 is 0 Å². The molecule has 1 unspecified atom stereocenters. The number of hydrogen-bond donors (Lipinski definition) is 1. The van der Waals surface area contributed by atoms with E-state index in [0.29, 0.717) is 23.0 Å². The third-order valence-corrected chi connectivity index (χ3v) is 3.34. The van der Waals surface area contributed by atoms with Gasteiger partial charge >= 0.3 is 0 Å². The normalized spacial score (nSPS) is 12.7. The maximum atomic E-state index is 5.95. The summed E-state index contributed by atoms with van der Waals surface area (Å²) in [5.41, 5.74) is 8.45. The predicted molar refractivity (Wildman–Crippen MR) is 76.4 cm³/mol. The number of benzene rings is 2. The maximum Gasteiger partial charge on any atom is 0.204 e. The summed E-state index contributed by atoms with van der Waals surface area (Å²) in [6.45, 7) is 0.449. The van der Waals surface area contributed by atoms with Crippen molar-refractivity contribution in [1.29, 1.82) is 0 Å². The van der Waals surface area contributed by atoms with Crippen LogP contribution < -0.4 is 5.73 Å². The van der Waals surface area contributed by atoms with E-state index in [2.05, 4.69) is 4.98 Å². The molecule has 3 nitrogen and oxygen atoms in total. The third kappa shape index (κ3) is 2.35. The molecule has 0 radical (unpaired) electrons. The quantitative estimate of drug-likeness (QED) is 0.793. The first-order valence-electron chi connectivity index (χ1n) is 6.09. The van der Waals surface area contributed by atoms with E-state index in [9.17, 15) is 0 Å². The van der Waals surface area contributed by atoms with Gasteiger partial charge in [0.05, 0.1) is 5.92 Å². The fraction of sp³-hybridized carbons (Fsp3) is 0.133. The molecular formula is C15H13ClN2O. The predicted octanol–water partition coefficient (Wildman–Crippen LogP) is 3.57. The van der Waals surface area contributed by atoms with Crippen LogP contribution in [0.1, 0.15) is 17.4 Å². The molecule has 0 aliphatic heterocycles. The van der Waals surface area contributed by atoms with Crippen molar-refractivity contribution in [3.63, 3.8) is 0 Å². The standard InChI is InChI=1S/C15H13ClN2O/c16-11-6-7-13-14(8-11)19-15(18-13)12(9-17)10-4-2-1-3-5-10/h1-8,12H,9,17H2. The Morgan fingerprint density at radius 1 is 1.16 bits per heavy atom. The Hall–Kier alpha value is -1.84. The topological polar surface area (TPSA) is 52.0 Å². The van der Waals surface area contributed by atoms with Crippen LogP contribution in [-0.2, 0) is 0 Å². The number of aromatic nitrogens is 1. The van der Waals surface area contributed by atoms with Crippen molar-refractivity contribution in [1.82, 2.24) is 4.98 Å². The van der Waals surface area contributed by atoms with Gasteiger partial charge in [-0.2, -0.15) is 0 Å². The van der Waals surface area contributed by atoms with Crippen LogP contribution in [0.15, 0.2) is 52.9 Å². The molecule has 0 saturated heterocycles. The summed E-state index contributed by atoms with van der Waals surface area (Å²) in [7, 11) is 0. The van der Waals surface area contributed by atoms with Gasteiger partial charge in [0, 0.05) is 17.6 Å². The van der Waals surface area contributed by atoms with Gasteiger partial charge in [0.25, 0.3) is 0 Å². The highest BCUT2D eigenvalue weighted by atomic mass is 35.5. The lowest BCUT2D eigenvalue weighted by atomic mass is 9.99. The first-order valence-corrected chi connectivity index (χ1v) is 6.46. The van der Waals surface area contributed by atoms with Crippen LogP contribution in [0.4, 0.5) is 0 Å². The Morgan fingerprint density at radius 3 is 2.68 bits per heavy atom.